The molecule has 1 aliphatic carbocycles. The van der Waals surface area contributed by atoms with Crippen molar-refractivity contribution in [3.63, 3.8) is 0 Å². The molecule has 28 heavy (non-hydrogen) atoms. The molecule has 2 unspecified atom stereocenters. The lowest BCUT2D eigenvalue weighted by molar-refractivity contribution is 0.0530. The largest absolute Gasteiger partial charge is 0.381 e. The molecule has 4 rings (SSSR count). The minimum Gasteiger partial charge on any atom is -0.381 e. The van der Waals surface area contributed by atoms with E-state index < -0.39 is 0 Å². The van der Waals surface area contributed by atoms with Crippen LogP contribution in [0.3, 0.4) is 0 Å². The lowest BCUT2D eigenvalue weighted by Gasteiger charge is -2.37. The molecular weight excluding hydrogens is 353 g/mol. The summed E-state index contributed by atoms with van der Waals surface area (Å²) in [5.41, 5.74) is 1.13. The molecule has 1 N–H and O–H groups in total. The van der Waals surface area contributed by atoms with Crippen molar-refractivity contribution in [2.45, 2.75) is 50.9 Å². The zero-order chi connectivity index (χ0) is 19.4. The van der Waals surface area contributed by atoms with E-state index in [4.69, 9.17) is 9.73 Å². The molecule has 0 aromatic heterocycles. The second-order valence-electron chi connectivity index (χ2n) is 8.78. The van der Waals surface area contributed by atoms with Crippen LogP contribution < -0.4 is 5.32 Å². The lowest BCUT2D eigenvalue weighted by Crippen LogP contribution is -2.43. The van der Waals surface area contributed by atoms with Crippen molar-refractivity contribution >= 4 is 5.96 Å². The Morgan fingerprint density at radius 1 is 1.14 bits per heavy atom. The lowest BCUT2D eigenvalue weighted by atomic mass is 9.74. The van der Waals surface area contributed by atoms with Gasteiger partial charge < -0.3 is 15.0 Å². The summed E-state index contributed by atoms with van der Waals surface area (Å²) in [6.07, 6.45) is 7.39. The van der Waals surface area contributed by atoms with Gasteiger partial charge in [0.25, 0.3) is 0 Å². The van der Waals surface area contributed by atoms with Crippen molar-refractivity contribution < 1.29 is 9.13 Å². The summed E-state index contributed by atoms with van der Waals surface area (Å²) >= 11 is 0. The fraction of sp³-hybridized carbons (Fsp3) is 0.696. The molecule has 3 aliphatic rings. The molecule has 1 aromatic carbocycles. The first kappa shape index (κ1) is 19.7. The maximum absolute atomic E-state index is 13.5. The molecule has 1 aromatic rings. The number of ether oxygens (including phenoxy) is 1. The highest BCUT2D eigenvalue weighted by Crippen LogP contribution is 2.37. The Hall–Kier alpha value is -1.62. The highest BCUT2D eigenvalue weighted by atomic mass is 19.1. The third-order valence-electron chi connectivity index (χ3n) is 7.05. The number of likely N-dealkylation sites (tertiary alicyclic amines) is 1. The molecule has 2 aliphatic heterocycles. The van der Waals surface area contributed by atoms with Gasteiger partial charge in [0.05, 0.1) is 6.54 Å². The molecule has 1 saturated carbocycles. The quantitative estimate of drug-likeness (QED) is 0.628. The van der Waals surface area contributed by atoms with Gasteiger partial charge >= 0.3 is 0 Å². The standard InChI is InChI=1S/C23H34FN3O/c1-2-25-22(27-15-18-5-3-4-6-19(18)16-27)26-17-23(11-13-28-14-12-23)20-7-9-21(24)10-8-20/h7-10,18-19H,2-6,11-17H2,1H3,(H,25,26). The number of fused-ring (bicyclic) bond motifs is 1. The molecule has 2 heterocycles. The van der Waals surface area contributed by atoms with E-state index in [9.17, 15) is 4.39 Å². The van der Waals surface area contributed by atoms with Crippen LogP contribution in [0, 0.1) is 17.7 Å². The van der Waals surface area contributed by atoms with Crippen molar-refractivity contribution in [3.05, 3.63) is 35.6 Å². The SMILES string of the molecule is CCNC(=NCC1(c2ccc(F)cc2)CCOCC1)N1CC2CCCCC2C1. The van der Waals surface area contributed by atoms with Gasteiger partial charge in [-0.2, -0.15) is 0 Å². The molecule has 0 spiro atoms. The zero-order valence-electron chi connectivity index (χ0n) is 17.1. The summed E-state index contributed by atoms with van der Waals surface area (Å²) in [5, 5.41) is 3.54. The number of hydrogen-bond donors (Lipinski definition) is 1. The van der Waals surface area contributed by atoms with E-state index in [1.165, 1.54) is 31.2 Å². The number of rotatable bonds is 4. The fourth-order valence-electron chi connectivity index (χ4n) is 5.33. The van der Waals surface area contributed by atoms with E-state index in [1.807, 2.05) is 12.1 Å². The van der Waals surface area contributed by atoms with Crippen LogP contribution in [-0.2, 0) is 10.2 Å². The first-order valence-corrected chi connectivity index (χ1v) is 11.1. The molecule has 5 heteroatoms. The van der Waals surface area contributed by atoms with Crippen LogP contribution in [0.25, 0.3) is 0 Å². The molecule has 3 fully saturated rings. The number of benzene rings is 1. The Labute approximate surface area is 168 Å². The monoisotopic (exact) mass is 387 g/mol. The average Bonchev–Trinajstić information content (AvgIpc) is 3.16. The van der Waals surface area contributed by atoms with Crippen LogP contribution in [0.5, 0.6) is 0 Å². The average molecular weight is 388 g/mol. The van der Waals surface area contributed by atoms with Gasteiger partial charge in [0.2, 0.25) is 0 Å². The molecule has 2 saturated heterocycles. The molecule has 4 nitrogen and oxygen atoms in total. The third kappa shape index (κ3) is 4.19. The van der Waals surface area contributed by atoms with E-state index in [0.717, 1.165) is 70.0 Å². The van der Waals surface area contributed by atoms with Gasteiger partial charge in [0.1, 0.15) is 5.82 Å². The topological polar surface area (TPSA) is 36.9 Å². The summed E-state index contributed by atoms with van der Waals surface area (Å²) in [5.74, 6) is 2.56. The normalized spacial score (nSPS) is 27.5. The fourth-order valence-corrected chi connectivity index (χ4v) is 5.33. The van der Waals surface area contributed by atoms with E-state index in [-0.39, 0.29) is 11.2 Å². The molecule has 0 radical (unpaired) electrons. The summed E-state index contributed by atoms with van der Waals surface area (Å²) in [6, 6.07) is 7.03. The molecule has 154 valence electrons. The van der Waals surface area contributed by atoms with E-state index in [0.29, 0.717) is 0 Å². The molecule has 2 atom stereocenters. The smallest absolute Gasteiger partial charge is 0.193 e. The number of hydrogen-bond acceptors (Lipinski definition) is 2. The highest BCUT2D eigenvalue weighted by Gasteiger charge is 2.37. The maximum atomic E-state index is 13.5. The van der Waals surface area contributed by atoms with Crippen molar-refractivity contribution in [1.82, 2.24) is 10.2 Å². The van der Waals surface area contributed by atoms with Crippen LogP contribution in [-0.4, -0.2) is 50.3 Å². The van der Waals surface area contributed by atoms with Gasteiger partial charge in [0.15, 0.2) is 5.96 Å². The summed E-state index contributed by atoms with van der Waals surface area (Å²) < 4.78 is 19.1. The van der Waals surface area contributed by atoms with Crippen molar-refractivity contribution in [2.24, 2.45) is 16.8 Å². The number of aliphatic imine (C=N–C) groups is 1. The summed E-state index contributed by atoms with van der Waals surface area (Å²) in [7, 11) is 0. The maximum Gasteiger partial charge on any atom is 0.193 e. The number of nitrogens with zero attached hydrogens (tertiary/aromatic N) is 2. The van der Waals surface area contributed by atoms with Crippen LogP contribution in [0.15, 0.2) is 29.3 Å². The van der Waals surface area contributed by atoms with Crippen molar-refractivity contribution in [1.29, 1.82) is 0 Å². The van der Waals surface area contributed by atoms with E-state index in [1.54, 1.807) is 12.1 Å². The van der Waals surface area contributed by atoms with Crippen molar-refractivity contribution in [3.8, 4) is 0 Å². The van der Waals surface area contributed by atoms with Gasteiger partial charge in [-0.3, -0.25) is 4.99 Å². The zero-order valence-corrected chi connectivity index (χ0v) is 17.1. The Kier molecular flexibility index (Phi) is 6.19. The Bertz CT molecular complexity index is 655. The Morgan fingerprint density at radius 3 is 2.39 bits per heavy atom. The second kappa shape index (κ2) is 8.81. The molecular formula is C23H34FN3O. The van der Waals surface area contributed by atoms with E-state index in [2.05, 4.69) is 17.1 Å². The summed E-state index contributed by atoms with van der Waals surface area (Å²) in [6.45, 7) is 7.54. The molecule has 0 bridgehead atoms. The number of halogens is 1. The summed E-state index contributed by atoms with van der Waals surface area (Å²) in [4.78, 5) is 7.62. The van der Waals surface area contributed by atoms with Crippen molar-refractivity contribution in [2.75, 3.05) is 39.4 Å². The first-order valence-electron chi connectivity index (χ1n) is 11.1. The Morgan fingerprint density at radius 2 is 1.79 bits per heavy atom. The minimum atomic E-state index is -0.178. The van der Waals surface area contributed by atoms with E-state index >= 15 is 0 Å². The van der Waals surface area contributed by atoms with Gasteiger partial charge in [-0.1, -0.05) is 25.0 Å². The van der Waals surface area contributed by atoms with Gasteiger partial charge in [-0.05, 0) is 62.1 Å². The second-order valence-corrected chi connectivity index (χ2v) is 8.78. The van der Waals surface area contributed by atoms with Crippen LogP contribution in [0.1, 0.15) is 51.0 Å². The minimum absolute atomic E-state index is 0.0564. The number of nitrogens with one attached hydrogen (secondary N) is 1. The van der Waals surface area contributed by atoms with Crippen LogP contribution >= 0.6 is 0 Å². The van der Waals surface area contributed by atoms with Gasteiger partial charge in [-0.15, -0.1) is 0 Å². The van der Waals surface area contributed by atoms with Crippen LogP contribution in [0.4, 0.5) is 4.39 Å². The van der Waals surface area contributed by atoms with Gasteiger partial charge in [0, 0.05) is 38.3 Å². The predicted octanol–water partition coefficient (Wildman–Crippen LogP) is 3.96. The van der Waals surface area contributed by atoms with Gasteiger partial charge in [-0.25, -0.2) is 4.39 Å². The highest BCUT2D eigenvalue weighted by molar-refractivity contribution is 5.80. The predicted molar refractivity (Wildman–Crippen MR) is 111 cm³/mol. The van der Waals surface area contributed by atoms with Crippen LogP contribution in [0.2, 0.25) is 0 Å². The first-order chi connectivity index (χ1) is 13.7. The molecule has 0 amide bonds. The Balaban J connectivity index is 1.54. The third-order valence-corrected chi connectivity index (χ3v) is 7.05. The number of guanidine groups is 1.